The SMILES string of the molecule is CC(C/C=C\c1ccc(C(F)(F)F)cc1)O[Si](C)(C)c1ccccc1. The molecule has 0 heterocycles. The van der Waals surface area contributed by atoms with Crippen molar-refractivity contribution in [2.24, 2.45) is 0 Å². The van der Waals surface area contributed by atoms with Gasteiger partial charge in [-0.3, -0.25) is 0 Å². The number of hydrogen-bond donors (Lipinski definition) is 0. The van der Waals surface area contributed by atoms with Gasteiger partial charge in [-0.2, -0.15) is 13.2 Å². The van der Waals surface area contributed by atoms with Gasteiger partial charge in [0.15, 0.2) is 0 Å². The zero-order chi connectivity index (χ0) is 18.5. The minimum atomic E-state index is -4.29. The van der Waals surface area contributed by atoms with E-state index in [1.165, 1.54) is 17.3 Å². The zero-order valence-corrected chi connectivity index (χ0v) is 15.7. The monoisotopic (exact) mass is 364 g/mol. The lowest BCUT2D eigenvalue weighted by Gasteiger charge is -2.27. The topological polar surface area (TPSA) is 9.23 Å². The van der Waals surface area contributed by atoms with Crippen LogP contribution in [0.2, 0.25) is 13.1 Å². The molecule has 25 heavy (non-hydrogen) atoms. The molecule has 2 aromatic rings. The molecule has 134 valence electrons. The first-order chi connectivity index (χ1) is 11.7. The highest BCUT2D eigenvalue weighted by Crippen LogP contribution is 2.29. The summed E-state index contributed by atoms with van der Waals surface area (Å²) in [4.78, 5) is 0. The molecular formula is C20H23F3OSi. The van der Waals surface area contributed by atoms with E-state index in [9.17, 15) is 13.2 Å². The van der Waals surface area contributed by atoms with E-state index in [2.05, 4.69) is 25.2 Å². The zero-order valence-electron chi connectivity index (χ0n) is 14.7. The molecule has 0 spiro atoms. The van der Waals surface area contributed by atoms with Crippen LogP contribution < -0.4 is 5.19 Å². The van der Waals surface area contributed by atoms with E-state index in [1.807, 2.05) is 37.3 Å². The third kappa shape index (κ3) is 5.87. The van der Waals surface area contributed by atoms with E-state index in [4.69, 9.17) is 4.43 Å². The maximum absolute atomic E-state index is 12.5. The fourth-order valence-corrected chi connectivity index (χ4v) is 4.87. The molecule has 0 aliphatic carbocycles. The van der Waals surface area contributed by atoms with Gasteiger partial charge >= 0.3 is 6.18 Å². The normalized spacial score (nSPS) is 14.0. The van der Waals surface area contributed by atoms with E-state index in [-0.39, 0.29) is 6.10 Å². The molecule has 2 rings (SSSR count). The quantitative estimate of drug-likeness (QED) is 0.604. The predicted molar refractivity (Wildman–Crippen MR) is 99.2 cm³/mol. The standard InChI is InChI=1S/C20H23F3OSi/c1-16(24-25(2,3)19-10-5-4-6-11-19)8-7-9-17-12-14-18(15-13-17)20(21,22)23/h4-7,9-16H,8H2,1-3H3/b9-7-. The summed E-state index contributed by atoms with van der Waals surface area (Å²) in [7, 11) is -1.96. The maximum Gasteiger partial charge on any atom is 0.416 e. The minimum absolute atomic E-state index is 0.0487. The number of alkyl halides is 3. The molecule has 0 amide bonds. The van der Waals surface area contributed by atoms with Crippen LogP contribution in [0.3, 0.4) is 0 Å². The van der Waals surface area contributed by atoms with Gasteiger partial charge in [0.05, 0.1) is 5.56 Å². The molecule has 0 fully saturated rings. The summed E-state index contributed by atoms with van der Waals surface area (Å²) in [5.41, 5.74) is 0.122. The molecule has 1 atom stereocenters. The van der Waals surface area contributed by atoms with E-state index in [0.29, 0.717) is 6.42 Å². The Labute approximate surface area is 148 Å². The lowest BCUT2D eigenvalue weighted by molar-refractivity contribution is -0.137. The van der Waals surface area contributed by atoms with Crippen LogP contribution in [0.5, 0.6) is 0 Å². The number of benzene rings is 2. The van der Waals surface area contributed by atoms with E-state index in [1.54, 1.807) is 0 Å². The molecule has 0 aromatic heterocycles. The van der Waals surface area contributed by atoms with Crippen LogP contribution in [0.15, 0.2) is 60.7 Å². The Hall–Kier alpha value is -1.85. The van der Waals surface area contributed by atoms with Gasteiger partial charge in [0.25, 0.3) is 0 Å². The summed E-state index contributed by atoms with van der Waals surface area (Å²) < 4.78 is 43.9. The Morgan fingerprint density at radius 2 is 1.60 bits per heavy atom. The molecule has 2 aromatic carbocycles. The van der Waals surface area contributed by atoms with Gasteiger partial charge in [-0.15, -0.1) is 0 Å². The van der Waals surface area contributed by atoms with Crippen molar-refractivity contribution in [1.29, 1.82) is 0 Å². The van der Waals surface area contributed by atoms with Gasteiger partial charge in [-0.1, -0.05) is 54.6 Å². The van der Waals surface area contributed by atoms with Gasteiger partial charge < -0.3 is 4.43 Å². The van der Waals surface area contributed by atoms with Gasteiger partial charge in [0, 0.05) is 6.10 Å². The lowest BCUT2D eigenvalue weighted by Crippen LogP contribution is -2.46. The van der Waals surface area contributed by atoms with Gasteiger partial charge in [-0.25, -0.2) is 0 Å². The Balaban J connectivity index is 1.91. The van der Waals surface area contributed by atoms with Crippen LogP contribution in [0.1, 0.15) is 24.5 Å². The Morgan fingerprint density at radius 1 is 1.00 bits per heavy atom. The van der Waals surface area contributed by atoms with E-state index >= 15 is 0 Å². The average Bonchev–Trinajstić information content (AvgIpc) is 2.55. The van der Waals surface area contributed by atoms with Gasteiger partial charge in [0.1, 0.15) is 0 Å². The first kappa shape index (κ1) is 19.5. The highest BCUT2D eigenvalue weighted by atomic mass is 28.4. The second-order valence-corrected chi connectivity index (χ2v) is 10.4. The van der Waals surface area contributed by atoms with Gasteiger partial charge in [-0.05, 0) is 49.3 Å². The molecule has 0 N–H and O–H groups in total. The van der Waals surface area contributed by atoms with Crippen molar-refractivity contribution in [3.8, 4) is 0 Å². The summed E-state index contributed by atoms with van der Waals surface area (Å²) in [6.45, 7) is 6.35. The lowest BCUT2D eigenvalue weighted by atomic mass is 10.1. The van der Waals surface area contributed by atoms with Crippen molar-refractivity contribution < 1.29 is 17.6 Å². The van der Waals surface area contributed by atoms with Crippen LogP contribution in [-0.4, -0.2) is 14.4 Å². The second-order valence-electron chi connectivity index (χ2n) is 6.56. The maximum atomic E-state index is 12.5. The summed E-state index contributed by atoms with van der Waals surface area (Å²) in [6.07, 6.45) is 0.245. The van der Waals surface area contributed by atoms with Crippen molar-refractivity contribution in [1.82, 2.24) is 0 Å². The fraction of sp³-hybridized carbons (Fsp3) is 0.300. The third-order valence-electron chi connectivity index (χ3n) is 3.98. The molecule has 0 saturated heterocycles. The van der Waals surface area contributed by atoms with Crippen molar-refractivity contribution in [3.63, 3.8) is 0 Å². The molecule has 0 bridgehead atoms. The summed E-state index contributed by atoms with van der Waals surface area (Å²) in [5.74, 6) is 0. The van der Waals surface area contributed by atoms with Crippen molar-refractivity contribution in [2.45, 2.75) is 38.7 Å². The molecule has 1 nitrogen and oxygen atoms in total. The second kappa shape index (κ2) is 8.02. The fourth-order valence-electron chi connectivity index (χ4n) is 2.64. The van der Waals surface area contributed by atoms with Crippen LogP contribution in [0.4, 0.5) is 13.2 Å². The smallest absolute Gasteiger partial charge is 0.410 e. The molecule has 5 heteroatoms. The van der Waals surface area contributed by atoms with E-state index in [0.717, 1.165) is 17.7 Å². The summed E-state index contributed by atoms with van der Waals surface area (Å²) >= 11 is 0. The molecule has 0 radical (unpaired) electrons. The highest BCUT2D eigenvalue weighted by Gasteiger charge is 2.30. The predicted octanol–water partition coefficient (Wildman–Crippen LogP) is 5.63. The van der Waals surface area contributed by atoms with Gasteiger partial charge in [0.2, 0.25) is 8.32 Å². The number of hydrogen-bond acceptors (Lipinski definition) is 1. The van der Waals surface area contributed by atoms with Crippen molar-refractivity contribution in [2.75, 3.05) is 0 Å². The van der Waals surface area contributed by atoms with Crippen molar-refractivity contribution in [3.05, 3.63) is 71.8 Å². The summed E-state index contributed by atoms with van der Waals surface area (Å²) in [5, 5.41) is 1.24. The minimum Gasteiger partial charge on any atom is -0.410 e. The molecule has 1 unspecified atom stereocenters. The Morgan fingerprint density at radius 3 is 2.16 bits per heavy atom. The molecular weight excluding hydrogens is 341 g/mol. The van der Waals surface area contributed by atoms with Crippen LogP contribution >= 0.6 is 0 Å². The molecule has 0 aliphatic rings. The molecule has 0 saturated carbocycles. The first-order valence-electron chi connectivity index (χ1n) is 8.25. The highest BCUT2D eigenvalue weighted by molar-refractivity contribution is 6.84. The number of halogens is 3. The Kier molecular flexibility index (Phi) is 6.24. The van der Waals surface area contributed by atoms with Crippen LogP contribution in [-0.2, 0) is 10.6 Å². The first-order valence-corrected chi connectivity index (χ1v) is 11.2. The molecule has 0 aliphatic heterocycles. The van der Waals surface area contributed by atoms with Crippen LogP contribution in [0.25, 0.3) is 6.08 Å². The van der Waals surface area contributed by atoms with Crippen molar-refractivity contribution >= 4 is 19.6 Å². The number of rotatable bonds is 6. The Bertz CT molecular complexity index is 691. The van der Waals surface area contributed by atoms with E-state index < -0.39 is 20.1 Å². The third-order valence-corrected chi connectivity index (χ3v) is 6.70. The average molecular weight is 364 g/mol. The largest absolute Gasteiger partial charge is 0.416 e. The summed E-state index contributed by atoms with van der Waals surface area (Å²) in [6, 6.07) is 15.4. The van der Waals surface area contributed by atoms with Crippen LogP contribution in [0, 0.1) is 0 Å².